The van der Waals surface area contributed by atoms with Crippen molar-refractivity contribution in [1.82, 2.24) is 26.2 Å². The molecule has 4 heterocycles. The fourth-order valence-corrected chi connectivity index (χ4v) is 8.28. The molecule has 2 amide bonds. The third-order valence-corrected chi connectivity index (χ3v) is 10.3. The van der Waals surface area contributed by atoms with E-state index in [1.165, 1.54) is 0 Å². The topological polar surface area (TPSA) is 88.5 Å². The number of fused-ring (bicyclic) bond motifs is 1. The van der Waals surface area contributed by atoms with Crippen molar-refractivity contribution in [2.24, 2.45) is 5.92 Å². The first-order valence-electron chi connectivity index (χ1n) is 13.2. The minimum absolute atomic E-state index is 0.0105. The lowest BCUT2D eigenvalue weighted by atomic mass is 10.0. The molecule has 0 spiro atoms. The second-order valence-corrected chi connectivity index (χ2v) is 12.7. The molecule has 6 atom stereocenters. The van der Waals surface area contributed by atoms with Gasteiger partial charge in [-0.25, -0.2) is 4.58 Å². The molecule has 4 aliphatic heterocycles. The molecule has 8 nitrogen and oxygen atoms in total. The van der Waals surface area contributed by atoms with Crippen LogP contribution in [0.15, 0.2) is 0 Å². The van der Waals surface area contributed by atoms with Gasteiger partial charge in [0.2, 0.25) is 11.8 Å². The van der Waals surface area contributed by atoms with Gasteiger partial charge in [-0.3, -0.25) is 25.1 Å². The first kappa shape index (κ1) is 26.3. The summed E-state index contributed by atoms with van der Waals surface area (Å²) < 4.78 is 2.21. The van der Waals surface area contributed by atoms with Crippen molar-refractivity contribution in [2.75, 3.05) is 39.0 Å². The molecule has 3 fully saturated rings. The normalized spacial score (nSPS) is 36.1. The van der Waals surface area contributed by atoms with Crippen LogP contribution in [0.5, 0.6) is 0 Å². The Bertz CT molecular complexity index is 764. The van der Waals surface area contributed by atoms with E-state index in [1.54, 1.807) is 23.5 Å². The molecule has 10 heteroatoms. The maximum absolute atomic E-state index is 13.6. The van der Waals surface area contributed by atoms with Crippen LogP contribution in [0, 0.1) is 5.92 Å². The Kier molecular flexibility index (Phi) is 9.23. The number of nitrogens with one attached hydrogen (secondary N) is 4. The predicted molar refractivity (Wildman–Crippen MR) is 141 cm³/mol. The lowest BCUT2D eigenvalue weighted by Gasteiger charge is -2.49. The number of rotatable bonds is 9. The fourth-order valence-electron chi connectivity index (χ4n) is 5.61. The average Bonchev–Trinajstić information content (AvgIpc) is 3.45. The van der Waals surface area contributed by atoms with E-state index >= 15 is 0 Å². The SMILES string of the molecule is CCCCN1CCCNC1(CCC)NC(=O)C1CCSC1NC(=O)C1NC2C=[N+](C)CCC2S1. The maximum atomic E-state index is 13.6. The number of hydrogen-bond donors (Lipinski definition) is 4. The van der Waals surface area contributed by atoms with E-state index in [1.807, 2.05) is 0 Å². The van der Waals surface area contributed by atoms with E-state index in [4.69, 9.17) is 0 Å². The monoisotopic (exact) mass is 511 g/mol. The van der Waals surface area contributed by atoms with E-state index in [0.29, 0.717) is 5.25 Å². The Morgan fingerprint density at radius 1 is 1.24 bits per heavy atom. The highest BCUT2D eigenvalue weighted by atomic mass is 32.2. The summed E-state index contributed by atoms with van der Waals surface area (Å²) >= 11 is 3.43. The van der Waals surface area contributed by atoms with Crippen LogP contribution in [0.2, 0.25) is 0 Å². The molecule has 0 radical (unpaired) electrons. The van der Waals surface area contributed by atoms with E-state index in [-0.39, 0.29) is 34.5 Å². The molecule has 0 saturated carbocycles. The van der Waals surface area contributed by atoms with Gasteiger partial charge in [-0.05, 0) is 38.0 Å². The summed E-state index contributed by atoms with van der Waals surface area (Å²) in [5.74, 6) is 0.297. The smallest absolute Gasteiger partial charge is 0.248 e. The van der Waals surface area contributed by atoms with Gasteiger partial charge in [-0.1, -0.05) is 26.7 Å². The largest absolute Gasteiger partial charge is 0.341 e. The molecule has 192 valence electrons. The maximum Gasteiger partial charge on any atom is 0.248 e. The summed E-state index contributed by atoms with van der Waals surface area (Å²) in [6.07, 6.45) is 9.33. The van der Waals surface area contributed by atoms with Crippen LogP contribution in [0.25, 0.3) is 0 Å². The highest BCUT2D eigenvalue weighted by Crippen LogP contribution is 2.34. The van der Waals surface area contributed by atoms with Gasteiger partial charge in [0.1, 0.15) is 24.8 Å². The fraction of sp³-hybridized carbons (Fsp3) is 0.875. The quantitative estimate of drug-likeness (QED) is 0.348. The van der Waals surface area contributed by atoms with Gasteiger partial charge in [-0.15, -0.1) is 23.5 Å². The van der Waals surface area contributed by atoms with E-state index < -0.39 is 5.79 Å². The van der Waals surface area contributed by atoms with E-state index in [0.717, 1.165) is 76.9 Å². The first-order chi connectivity index (χ1) is 16.5. The summed E-state index contributed by atoms with van der Waals surface area (Å²) in [7, 11) is 2.09. The van der Waals surface area contributed by atoms with Crippen molar-refractivity contribution < 1.29 is 14.2 Å². The van der Waals surface area contributed by atoms with Crippen LogP contribution < -0.4 is 21.3 Å². The lowest BCUT2D eigenvalue weighted by molar-refractivity contribution is -0.498. The van der Waals surface area contributed by atoms with Gasteiger partial charge in [0.25, 0.3) is 0 Å². The minimum Gasteiger partial charge on any atom is -0.341 e. The summed E-state index contributed by atoms with van der Waals surface area (Å²) in [5.41, 5.74) is 0. The molecule has 0 aliphatic carbocycles. The standard InChI is InChI=1S/C24H42N6O2S2/c1-4-6-12-30-13-7-11-25-24(30,10-5-2)28-20(31)17-9-15-33-22(17)27-21(32)23-26-18-16-29(3)14-8-19(18)34-23/h16-19,22-23,25-26H,4-15H2,1-3H3,(H-,27,28,31,32)/p+1. The summed E-state index contributed by atoms with van der Waals surface area (Å²) in [4.78, 5) is 29.2. The number of amides is 2. The number of unbranched alkanes of at least 4 members (excludes halogenated alkanes) is 1. The van der Waals surface area contributed by atoms with Crippen LogP contribution in [-0.2, 0) is 9.59 Å². The molecular weight excluding hydrogens is 468 g/mol. The van der Waals surface area contributed by atoms with Crippen LogP contribution in [-0.4, -0.2) is 94.3 Å². The molecule has 6 unspecified atom stereocenters. The Hall–Kier alpha value is -0.810. The van der Waals surface area contributed by atoms with E-state index in [2.05, 4.69) is 57.9 Å². The van der Waals surface area contributed by atoms with Gasteiger partial charge >= 0.3 is 0 Å². The zero-order valence-electron chi connectivity index (χ0n) is 21.0. The van der Waals surface area contributed by atoms with Gasteiger partial charge < -0.3 is 10.6 Å². The Labute approximate surface area is 213 Å². The number of hydrogen-bond acceptors (Lipinski definition) is 7. The van der Waals surface area contributed by atoms with Crippen molar-refractivity contribution in [3.63, 3.8) is 0 Å². The van der Waals surface area contributed by atoms with Crippen molar-refractivity contribution in [2.45, 2.75) is 86.6 Å². The number of carbonyl (C=O) groups is 2. The molecule has 0 bridgehead atoms. The molecule has 0 aromatic heterocycles. The second-order valence-electron chi connectivity index (χ2n) is 10.1. The zero-order valence-corrected chi connectivity index (χ0v) is 22.6. The van der Waals surface area contributed by atoms with Crippen molar-refractivity contribution >= 4 is 41.6 Å². The van der Waals surface area contributed by atoms with Crippen LogP contribution in [0.4, 0.5) is 0 Å². The van der Waals surface area contributed by atoms with Crippen LogP contribution in [0.1, 0.15) is 58.8 Å². The summed E-state index contributed by atoms with van der Waals surface area (Å²) in [6, 6.07) is 0.246. The Morgan fingerprint density at radius 3 is 2.88 bits per heavy atom. The second kappa shape index (κ2) is 12.0. The highest BCUT2D eigenvalue weighted by molar-refractivity contribution is 8.01. The molecule has 4 rings (SSSR count). The Balaban J connectivity index is 1.38. The van der Waals surface area contributed by atoms with Crippen LogP contribution in [0.3, 0.4) is 0 Å². The third kappa shape index (κ3) is 5.94. The number of carbonyl (C=O) groups excluding carboxylic acids is 2. The molecule has 34 heavy (non-hydrogen) atoms. The van der Waals surface area contributed by atoms with Crippen molar-refractivity contribution in [3.8, 4) is 0 Å². The first-order valence-corrected chi connectivity index (χ1v) is 15.2. The minimum atomic E-state index is -0.471. The zero-order chi connectivity index (χ0) is 24.1. The number of thioether (sulfide) groups is 2. The summed E-state index contributed by atoms with van der Waals surface area (Å²) in [6.45, 7) is 8.34. The molecule has 3 saturated heterocycles. The predicted octanol–water partition coefficient (Wildman–Crippen LogP) is 1.36. The van der Waals surface area contributed by atoms with Gasteiger partial charge in [0, 0.05) is 24.8 Å². The van der Waals surface area contributed by atoms with Crippen LogP contribution >= 0.6 is 23.5 Å². The van der Waals surface area contributed by atoms with Gasteiger partial charge in [0.05, 0.1) is 17.3 Å². The highest BCUT2D eigenvalue weighted by Gasteiger charge is 2.45. The lowest BCUT2D eigenvalue weighted by Crippen LogP contribution is -2.72. The van der Waals surface area contributed by atoms with Crippen molar-refractivity contribution in [3.05, 3.63) is 0 Å². The van der Waals surface area contributed by atoms with Gasteiger partial charge in [-0.2, -0.15) is 0 Å². The number of nitrogens with zero attached hydrogens (tertiary/aromatic N) is 2. The summed E-state index contributed by atoms with van der Waals surface area (Å²) in [5, 5.41) is 13.8. The average molecular weight is 512 g/mol. The van der Waals surface area contributed by atoms with Crippen molar-refractivity contribution in [1.29, 1.82) is 0 Å². The molecule has 4 aliphatic rings. The third-order valence-electron chi connectivity index (χ3n) is 7.47. The van der Waals surface area contributed by atoms with Gasteiger partial charge in [0.15, 0.2) is 6.21 Å². The molecule has 4 N–H and O–H groups in total. The Morgan fingerprint density at radius 2 is 2.09 bits per heavy atom. The molecule has 0 aromatic carbocycles. The molecule has 0 aromatic rings. The van der Waals surface area contributed by atoms with E-state index in [9.17, 15) is 9.59 Å². The molecular formula is C24H43N6O2S2+.